The van der Waals surface area contributed by atoms with Crippen LogP contribution in [0.15, 0.2) is 43.0 Å². The van der Waals surface area contributed by atoms with Crippen molar-refractivity contribution in [1.82, 2.24) is 10.2 Å². The van der Waals surface area contributed by atoms with E-state index in [1.807, 2.05) is 36.4 Å². The summed E-state index contributed by atoms with van der Waals surface area (Å²) < 4.78 is 5.34. The monoisotopic (exact) mass is 416 g/mol. The van der Waals surface area contributed by atoms with Crippen molar-refractivity contribution in [2.24, 2.45) is 0 Å². The molecule has 0 bridgehead atoms. The molecule has 1 fully saturated rings. The summed E-state index contributed by atoms with van der Waals surface area (Å²) in [5.41, 5.74) is 0.866. The molecule has 0 saturated carbocycles. The predicted octanol–water partition coefficient (Wildman–Crippen LogP) is 3.88. The molecule has 0 unspecified atom stereocenters. The van der Waals surface area contributed by atoms with Crippen molar-refractivity contribution in [2.75, 3.05) is 6.54 Å². The Kier molecular flexibility index (Phi) is 9.91. The van der Waals surface area contributed by atoms with Crippen LogP contribution >= 0.6 is 0 Å². The van der Waals surface area contributed by atoms with Gasteiger partial charge in [-0.1, -0.05) is 55.7 Å². The third-order valence-corrected chi connectivity index (χ3v) is 5.26. The Morgan fingerprint density at radius 3 is 2.63 bits per heavy atom. The zero-order valence-corrected chi connectivity index (χ0v) is 17.4. The lowest BCUT2D eigenvalue weighted by molar-refractivity contribution is -0.142. The fourth-order valence-corrected chi connectivity index (χ4v) is 3.58. The van der Waals surface area contributed by atoms with E-state index in [-0.39, 0.29) is 6.61 Å². The number of hydrogen-bond acceptors (Lipinski definition) is 4. The molecule has 1 aliphatic rings. The predicted molar refractivity (Wildman–Crippen MR) is 114 cm³/mol. The van der Waals surface area contributed by atoms with Gasteiger partial charge in [-0.05, 0) is 37.7 Å². The summed E-state index contributed by atoms with van der Waals surface area (Å²) in [6, 6.07) is 7.68. The summed E-state index contributed by atoms with van der Waals surface area (Å²) in [5.74, 6) is -1.48. The number of rotatable bonds is 12. The second-order valence-electron chi connectivity index (χ2n) is 7.57. The largest absolute Gasteiger partial charge is 0.480 e. The smallest absolute Gasteiger partial charge is 0.410 e. The lowest BCUT2D eigenvalue weighted by atomic mass is 10.1. The van der Waals surface area contributed by atoms with Crippen molar-refractivity contribution in [1.29, 1.82) is 0 Å². The van der Waals surface area contributed by atoms with Crippen molar-refractivity contribution in [2.45, 2.75) is 70.1 Å². The minimum absolute atomic E-state index is 0.133. The van der Waals surface area contributed by atoms with Crippen molar-refractivity contribution < 1.29 is 24.2 Å². The van der Waals surface area contributed by atoms with Gasteiger partial charge in [0.1, 0.15) is 18.7 Å². The molecule has 1 aromatic rings. The van der Waals surface area contributed by atoms with E-state index in [2.05, 4.69) is 11.9 Å². The van der Waals surface area contributed by atoms with Gasteiger partial charge < -0.3 is 15.2 Å². The van der Waals surface area contributed by atoms with Crippen LogP contribution in [-0.4, -0.2) is 46.6 Å². The van der Waals surface area contributed by atoms with Crippen LogP contribution in [0.2, 0.25) is 0 Å². The Morgan fingerprint density at radius 2 is 1.93 bits per heavy atom. The molecular weight excluding hydrogens is 384 g/mol. The lowest BCUT2D eigenvalue weighted by Gasteiger charge is -2.25. The Balaban J connectivity index is 1.82. The lowest BCUT2D eigenvalue weighted by Crippen LogP contribution is -2.50. The normalized spacial score (nSPS) is 16.7. The highest BCUT2D eigenvalue weighted by atomic mass is 16.6. The van der Waals surface area contributed by atoms with Crippen LogP contribution in [-0.2, 0) is 20.9 Å². The molecule has 30 heavy (non-hydrogen) atoms. The molecule has 0 aliphatic carbocycles. The fraction of sp³-hybridized carbons (Fsp3) is 0.522. The summed E-state index contributed by atoms with van der Waals surface area (Å²) in [5, 5.41) is 12.1. The second kappa shape index (κ2) is 12.7. The highest BCUT2D eigenvalue weighted by Gasteiger charge is 2.36. The first kappa shape index (κ1) is 23.4. The van der Waals surface area contributed by atoms with Gasteiger partial charge in [0.2, 0.25) is 5.91 Å². The SMILES string of the molecule is C=CCCCCCC[C@H](NC(=O)[C@H]1CCCN1C(=O)OCc1ccccc1)C(=O)O. The zero-order valence-electron chi connectivity index (χ0n) is 17.4. The van der Waals surface area contributed by atoms with Gasteiger partial charge in [0.05, 0.1) is 0 Å². The molecule has 1 heterocycles. The van der Waals surface area contributed by atoms with E-state index in [0.29, 0.717) is 25.8 Å². The Morgan fingerprint density at radius 1 is 1.20 bits per heavy atom. The van der Waals surface area contributed by atoms with Crippen LogP contribution in [0.1, 0.15) is 56.9 Å². The molecule has 2 rings (SSSR count). The van der Waals surface area contributed by atoms with Gasteiger partial charge >= 0.3 is 12.1 Å². The number of ether oxygens (including phenoxy) is 1. The average Bonchev–Trinajstić information content (AvgIpc) is 3.24. The van der Waals surface area contributed by atoms with E-state index in [1.54, 1.807) is 0 Å². The molecule has 164 valence electrons. The third kappa shape index (κ3) is 7.54. The Bertz CT molecular complexity index is 707. The van der Waals surface area contributed by atoms with Crippen molar-refractivity contribution in [3.8, 4) is 0 Å². The van der Waals surface area contributed by atoms with Crippen molar-refractivity contribution >= 4 is 18.0 Å². The minimum atomic E-state index is -1.05. The Labute approximate surface area is 178 Å². The number of carboxylic acid groups (broad SMARTS) is 1. The van der Waals surface area contributed by atoms with Crippen LogP contribution in [0.5, 0.6) is 0 Å². The Hall–Kier alpha value is -2.83. The van der Waals surface area contributed by atoms with Gasteiger partial charge in [-0.3, -0.25) is 9.69 Å². The van der Waals surface area contributed by atoms with Crippen LogP contribution in [0.25, 0.3) is 0 Å². The number of carboxylic acids is 1. The quantitative estimate of drug-likeness (QED) is 0.398. The van der Waals surface area contributed by atoms with Crippen LogP contribution in [0.4, 0.5) is 4.79 Å². The number of unbranched alkanes of at least 4 members (excludes halogenated alkanes) is 4. The number of carbonyl (C=O) groups is 3. The van der Waals surface area contributed by atoms with Gasteiger partial charge in [-0.2, -0.15) is 0 Å². The highest BCUT2D eigenvalue weighted by molar-refractivity contribution is 5.89. The first-order valence-electron chi connectivity index (χ1n) is 10.6. The van der Waals surface area contributed by atoms with E-state index in [9.17, 15) is 19.5 Å². The standard InChI is InChI=1S/C23H32N2O5/c1-2-3-4-5-6-10-14-19(22(27)28)24-21(26)20-15-11-16-25(20)23(29)30-17-18-12-8-7-9-13-18/h2,7-9,12-13,19-20H,1,3-6,10-11,14-17H2,(H,24,26)(H,27,28)/t19-,20+/m0/s1. The fourth-order valence-electron chi connectivity index (χ4n) is 3.58. The maximum absolute atomic E-state index is 12.7. The molecule has 2 amide bonds. The molecular formula is C23H32N2O5. The number of aliphatic carboxylic acids is 1. The summed E-state index contributed by atoms with van der Waals surface area (Å²) >= 11 is 0. The van der Waals surface area contributed by atoms with E-state index < -0.39 is 30.1 Å². The molecule has 1 aromatic carbocycles. The third-order valence-electron chi connectivity index (χ3n) is 5.26. The number of benzene rings is 1. The molecule has 0 spiro atoms. The summed E-state index contributed by atoms with van der Waals surface area (Å²) in [7, 11) is 0. The first-order valence-corrected chi connectivity index (χ1v) is 10.6. The van der Waals surface area contributed by atoms with Crippen LogP contribution in [0, 0.1) is 0 Å². The number of carbonyl (C=O) groups excluding carboxylic acids is 2. The molecule has 1 aliphatic heterocycles. The number of allylic oxidation sites excluding steroid dienone is 1. The van der Waals surface area contributed by atoms with Crippen molar-refractivity contribution in [3.63, 3.8) is 0 Å². The number of amides is 2. The number of likely N-dealkylation sites (tertiary alicyclic amines) is 1. The van der Waals surface area contributed by atoms with E-state index >= 15 is 0 Å². The van der Waals surface area contributed by atoms with E-state index in [0.717, 1.165) is 37.7 Å². The number of nitrogens with zero attached hydrogens (tertiary/aromatic N) is 1. The average molecular weight is 417 g/mol. The second-order valence-corrected chi connectivity index (χ2v) is 7.57. The molecule has 0 radical (unpaired) electrons. The van der Waals surface area contributed by atoms with E-state index in [4.69, 9.17) is 4.74 Å². The van der Waals surface area contributed by atoms with Crippen molar-refractivity contribution in [3.05, 3.63) is 48.6 Å². The van der Waals surface area contributed by atoms with E-state index in [1.165, 1.54) is 4.90 Å². The van der Waals surface area contributed by atoms with Gasteiger partial charge in [-0.15, -0.1) is 6.58 Å². The van der Waals surface area contributed by atoms with Gasteiger partial charge in [0.25, 0.3) is 0 Å². The molecule has 7 nitrogen and oxygen atoms in total. The maximum atomic E-state index is 12.7. The molecule has 2 N–H and O–H groups in total. The number of hydrogen-bond donors (Lipinski definition) is 2. The van der Waals surface area contributed by atoms with Gasteiger partial charge in [0.15, 0.2) is 0 Å². The molecule has 7 heteroatoms. The maximum Gasteiger partial charge on any atom is 0.410 e. The molecule has 1 saturated heterocycles. The summed E-state index contributed by atoms with van der Waals surface area (Å²) in [6.45, 7) is 4.24. The van der Waals surface area contributed by atoms with Crippen LogP contribution < -0.4 is 5.32 Å². The number of nitrogens with one attached hydrogen (secondary N) is 1. The topological polar surface area (TPSA) is 95.9 Å². The molecule has 2 atom stereocenters. The van der Waals surface area contributed by atoms with Gasteiger partial charge in [0, 0.05) is 6.54 Å². The zero-order chi connectivity index (χ0) is 21.8. The summed E-state index contributed by atoms with van der Waals surface area (Å²) in [4.78, 5) is 38.1. The van der Waals surface area contributed by atoms with Gasteiger partial charge in [-0.25, -0.2) is 9.59 Å². The van der Waals surface area contributed by atoms with Crippen LogP contribution in [0.3, 0.4) is 0 Å². The first-order chi connectivity index (χ1) is 14.5. The minimum Gasteiger partial charge on any atom is -0.480 e. The highest BCUT2D eigenvalue weighted by Crippen LogP contribution is 2.20. The summed E-state index contributed by atoms with van der Waals surface area (Å²) in [6.07, 6.45) is 7.52. The molecule has 0 aromatic heterocycles.